The van der Waals surface area contributed by atoms with Crippen LogP contribution < -0.4 is 0 Å². The normalized spacial score (nSPS) is 33.9. The van der Waals surface area contributed by atoms with Gasteiger partial charge in [-0.15, -0.1) is 0 Å². The maximum atomic E-state index is 10.3. The largest absolute Gasteiger partial charge is 0.587 e. The molecule has 1 unspecified atom stereocenters. The molecule has 1 rings (SSSR count). The Morgan fingerprint density at radius 1 is 1.56 bits per heavy atom. The number of phosphoric ester groups is 1. The molecule has 1 saturated heterocycles. The van der Waals surface area contributed by atoms with E-state index in [9.17, 15) is 9.36 Å². The number of hydrogen-bond donors (Lipinski definition) is 1. The average molecular weight is 150 g/mol. The van der Waals surface area contributed by atoms with E-state index in [1.165, 1.54) is 0 Å². The second-order valence-electron chi connectivity index (χ2n) is 1.36. The van der Waals surface area contributed by atoms with E-state index in [4.69, 9.17) is 4.89 Å². The first-order valence-electron chi connectivity index (χ1n) is 1.96. The van der Waals surface area contributed by atoms with Gasteiger partial charge in [0.05, 0.1) is 0 Å². The average Bonchev–Trinajstić information content (AvgIpc) is 1.79. The summed E-state index contributed by atoms with van der Waals surface area (Å²) < 4.78 is 18.1. The van der Waals surface area contributed by atoms with Crippen LogP contribution in [0.3, 0.4) is 0 Å². The van der Waals surface area contributed by atoms with Crippen LogP contribution in [0, 0.1) is 0 Å². The fourth-order valence-corrected chi connectivity index (χ4v) is 1.05. The van der Waals surface area contributed by atoms with Gasteiger partial charge in [0.15, 0.2) is 0 Å². The lowest BCUT2D eigenvalue weighted by molar-refractivity contribution is -0.129. The number of phosphoric acid groups is 1. The van der Waals surface area contributed by atoms with Crippen LogP contribution >= 0.6 is 7.82 Å². The van der Waals surface area contributed by atoms with Gasteiger partial charge >= 0.3 is 13.8 Å². The molecule has 0 aromatic heterocycles. The predicted molar refractivity (Wildman–Crippen MR) is 26.1 cm³/mol. The lowest BCUT2D eigenvalue weighted by Gasteiger charge is -1.94. The minimum absolute atomic E-state index is 0.430. The third kappa shape index (κ3) is 1.12. The second-order valence-corrected chi connectivity index (χ2v) is 2.66. The van der Waals surface area contributed by atoms with Crippen LogP contribution in [0.2, 0.25) is 0 Å². The fourth-order valence-electron chi connectivity index (χ4n) is 0.351. The summed E-state index contributed by atoms with van der Waals surface area (Å²) in [4.78, 5) is 18.6. The molecule has 1 aliphatic rings. The van der Waals surface area contributed by atoms with Crippen LogP contribution in [-0.4, -0.2) is 10.9 Å². The van der Waals surface area contributed by atoms with Crippen molar-refractivity contribution in [2.75, 3.05) is 0 Å². The Hall–Kier alpha value is -0.800. The molecule has 1 atom stereocenters. The summed E-state index contributed by atoms with van der Waals surface area (Å²) in [6.07, 6.45) is 0. The van der Waals surface area contributed by atoms with Crippen LogP contribution in [-0.2, 0) is 18.4 Å². The molecule has 0 spiro atoms. The van der Waals surface area contributed by atoms with Crippen molar-refractivity contribution in [3.8, 4) is 0 Å². The van der Waals surface area contributed by atoms with Crippen molar-refractivity contribution in [2.24, 2.45) is 0 Å². The van der Waals surface area contributed by atoms with E-state index in [2.05, 4.69) is 15.6 Å². The minimum atomic E-state index is -4.10. The summed E-state index contributed by atoms with van der Waals surface area (Å²) in [5.74, 6) is -1.42. The number of rotatable bonds is 0. The van der Waals surface area contributed by atoms with Crippen LogP contribution in [0.15, 0.2) is 12.3 Å². The first-order valence-corrected chi connectivity index (χ1v) is 3.46. The summed E-state index contributed by atoms with van der Waals surface area (Å²) in [7, 11) is -4.10. The Morgan fingerprint density at radius 3 is 2.22 bits per heavy atom. The molecule has 0 aliphatic carbocycles. The van der Waals surface area contributed by atoms with Crippen molar-refractivity contribution in [3.05, 3.63) is 12.3 Å². The summed E-state index contributed by atoms with van der Waals surface area (Å²) >= 11 is 0. The zero-order valence-electron chi connectivity index (χ0n) is 4.23. The molecule has 1 N–H and O–H groups in total. The Bertz CT molecular complexity index is 198. The second kappa shape index (κ2) is 1.59. The Labute approximate surface area is 50.5 Å². The van der Waals surface area contributed by atoms with E-state index >= 15 is 0 Å². The fraction of sp³-hybridized carbons (Fsp3) is 0. The standard InChI is InChI=1S/C3H3O5P/c1-2-3(4)8-9(5,6)7-2/h1H2,(H,5,6). The molecular weight excluding hydrogens is 147 g/mol. The highest BCUT2D eigenvalue weighted by atomic mass is 31.2. The van der Waals surface area contributed by atoms with E-state index in [1.807, 2.05) is 0 Å². The minimum Gasteiger partial charge on any atom is -0.388 e. The van der Waals surface area contributed by atoms with Crippen molar-refractivity contribution >= 4 is 13.8 Å². The highest BCUT2D eigenvalue weighted by Crippen LogP contribution is 2.51. The monoisotopic (exact) mass is 150 g/mol. The smallest absolute Gasteiger partial charge is 0.388 e. The lowest BCUT2D eigenvalue weighted by atomic mass is 10.6. The van der Waals surface area contributed by atoms with Gasteiger partial charge in [-0.2, -0.15) is 0 Å². The first-order chi connectivity index (χ1) is 4.01. The van der Waals surface area contributed by atoms with Crippen molar-refractivity contribution in [1.29, 1.82) is 0 Å². The van der Waals surface area contributed by atoms with Crippen LogP contribution in [0.1, 0.15) is 0 Å². The van der Waals surface area contributed by atoms with Crippen LogP contribution in [0.4, 0.5) is 0 Å². The summed E-state index contributed by atoms with van der Waals surface area (Å²) in [5, 5.41) is 0. The van der Waals surface area contributed by atoms with Gasteiger partial charge in [0, 0.05) is 0 Å². The maximum absolute atomic E-state index is 10.3. The SMILES string of the molecule is C=C1OP(=O)(O)OC1=O. The molecule has 9 heavy (non-hydrogen) atoms. The highest BCUT2D eigenvalue weighted by Gasteiger charge is 2.39. The van der Waals surface area contributed by atoms with E-state index in [1.54, 1.807) is 0 Å². The molecule has 0 aromatic rings. The topological polar surface area (TPSA) is 72.8 Å². The van der Waals surface area contributed by atoms with Gasteiger partial charge in [0.1, 0.15) is 0 Å². The molecule has 0 bridgehead atoms. The van der Waals surface area contributed by atoms with Gasteiger partial charge in [-0.3, -0.25) is 4.89 Å². The molecule has 5 nitrogen and oxygen atoms in total. The molecular formula is C3H3O5P. The van der Waals surface area contributed by atoms with E-state index in [0.29, 0.717) is 0 Å². The summed E-state index contributed by atoms with van der Waals surface area (Å²) in [6.45, 7) is 3.00. The summed E-state index contributed by atoms with van der Waals surface area (Å²) in [6, 6.07) is 0. The third-order valence-corrected chi connectivity index (χ3v) is 1.50. The molecule has 1 heterocycles. The quantitative estimate of drug-likeness (QED) is 0.393. The van der Waals surface area contributed by atoms with E-state index in [-0.39, 0.29) is 0 Å². The zero-order valence-corrected chi connectivity index (χ0v) is 5.13. The van der Waals surface area contributed by atoms with Gasteiger partial charge in [-0.1, -0.05) is 0 Å². The highest BCUT2D eigenvalue weighted by molar-refractivity contribution is 7.48. The Balaban J connectivity index is 2.89. The Kier molecular flexibility index (Phi) is 1.12. The number of carbonyl (C=O) groups is 1. The van der Waals surface area contributed by atoms with Gasteiger partial charge in [0.25, 0.3) is 0 Å². The number of hydrogen-bond acceptors (Lipinski definition) is 4. The van der Waals surface area contributed by atoms with Crippen molar-refractivity contribution < 1.29 is 23.3 Å². The summed E-state index contributed by atoms with van der Waals surface area (Å²) in [5.41, 5.74) is 0. The molecule has 50 valence electrons. The van der Waals surface area contributed by atoms with E-state index in [0.717, 1.165) is 0 Å². The number of carbonyl (C=O) groups excluding carboxylic acids is 1. The van der Waals surface area contributed by atoms with Gasteiger partial charge < -0.3 is 9.05 Å². The van der Waals surface area contributed by atoms with Gasteiger partial charge in [-0.05, 0) is 6.58 Å². The van der Waals surface area contributed by atoms with Gasteiger partial charge in [-0.25, -0.2) is 9.36 Å². The maximum Gasteiger partial charge on any atom is 0.587 e. The molecule has 0 saturated carbocycles. The van der Waals surface area contributed by atoms with Crippen LogP contribution in [0.25, 0.3) is 0 Å². The van der Waals surface area contributed by atoms with Crippen molar-refractivity contribution in [2.45, 2.75) is 0 Å². The lowest BCUT2D eigenvalue weighted by Crippen LogP contribution is -1.91. The van der Waals surface area contributed by atoms with Gasteiger partial charge in [0.2, 0.25) is 5.76 Å². The Morgan fingerprint density at radius 2 is 2.11 bits per heavy atom. The van der Waals surface area contributed by atoms with Crippen molar-refractivity contribution in [1.82, 2.24) is 0 Å². The molecule has 0 amide bonds. The first kappa shape index (κ1) is 6.32. The van der Waals surface area contributed by atoms with Crippen molar-refractivity contribution in [3.63, 3.8) is 0 Å². The molecule has 0 aromatic carbocycles. The molecule has 6 heteroatoms. The molecule has 1 aliphatic heterocycles. The predicted octanol–water partition coefficient (Wildman–Crippen LogP) is 0.174. The van der Waals surface area contributed by atoms with E-state index < -0.39 is 19.6 Å². The third-order valence-electron chi connectivity index (χ3n) is 0.651. The molecule has 1 fully saturated rings. The van der Waals surface area contributed by atoms with Crippen LogP contribution in [0.5, 0.6) is 0 Å². The molecule has 0 radical (unpaired) electrons. The zero-order chi connectivity index (χ0) is 7.07.